The smallest absolute Gasteiger partial charge is 0.145 e. The summed E-state index contributed by atoms with van der Waals surface area (Å²) in [5, 5.41) is 5.06. The van der Waals surface area contributed by atoms with Gasteiger partial charge in [-0.25, -0.2) is 9.98 Å². The first kappa shape index (κ1) is 27.9. The van der Waals surface area contributed by atoms with Gasteiger partial charge in [0.1, 0.15) is 16.7 Å². The molecule has 8 nitrogen and oxygen atoms in total. The third-order valence-corrected chi connectivity index (χ3v) is 11.2. The van der Waals surface area contributed by atoms with Crippen LogP contribution in [0.4, 0.5) is 27.8 Å². The number of allylic oxidation sites excluding steroid dienone is 1. The number of hydrogen-bond donors (Lipinski definition) is 1. The fraction of sp³-hybridized carbons (Fsp3) is 0.353. The number of amidine groups is 2. The molecule has 0 spiro atoms. The Kier molecular flexibility index (Phi) is 7.25. The van der Waals surface area contributed by atoms with Crippen LogP contribution in [0.3, 0.4) is 0 Å². The molecule has 5 aliphatic heterocycles. The average Bonchev–Trinajstić information content (AvgIpc) is 3.25. The van der Waals surface area contributed by atoms with Crippen LogP contribution >= 0.6 is 23.1 Å². The lowest BCUT2D eigenvalue weighted by atomic mass is 10.2. The Morgan fingerprint density at radius 2 is 1.39 bits per heavy atom. The third-order valence-electron chi connectivity index (χ3n) is 9.04. The Hall–Kier alpha value is -3.57. The van der Waals surface area contributed by atoms with Crippen LogP contribution in [0.5, 0.6) is 0 Å². The van der Waals surface area contributed by atoms with Crippen molar-refractivity contribution in [1.29, 1.82) is 0 Å². The molecule has 1 aromatic heterocycles. The summed E-state index contributed by atoms with van der Waals surface area (Å²) in [6.45, 7) is 10.3. The number of benzene rings is 2. The van der Waals surface area contributed by atoms with Crippen LogP contribution in [0, 0.1) is 6.92 Å². The van der Waals surface area contributed by atoms with Gasteiger partial charge in [0.05, 0.1) is 38.9 Å². The highest BCUT2D eigenvalue weighted by Gasteiger charge is 2.34. The van der Waals surface area contributed by atoms with Crippen LogP contribution in [-0.2, 0) is 0 Å². The summed E-state index contributed by atoms with van der Waals surface area (Å²) >= 11 is 3.77. The number of anilines is 3. The Morgan fingerprint density at radius 1 is 0.750 bits per heavy atom. The van der Waals surface area contributed by atoms with E-state index in [1.807, 2.05) is 23.1 Å². The maximum absolute atomic E-state index is 5.39. The van der Waals surface area contributed by atoms with Crippen LogP contribution in [0.1, 0.15) is 10.4 Å². The predicted molar refractivity (Wildman–Crippen MR) is 187 cm³/mol. The molecule has 2 saturated heterocycles. The van der Waals surface area contributed by atoms with Crippen LogP contribution < -0.4 is 10.2 Å². The van der Waals surface area contributed by atoms with Crippen molar-refractivity contribution in [3.63, 3.8) is 0 Å². The van der Waals surface area contributed by atoms with Crippen molar-refractivity contribution >= 4 is 62.5 Å². The van der Waals surface area contributed by atoms with E-state index in [-0.39, 0.29) is 0 Å². The SMILES string of the molecule is Cc1cc2c(s1)N(C1=CC3=C(SC1)C(N1CCN(C)CC1)=Nc1ccccc1N3)c1ccccc1N=C2N1CCN(C)CC1. The molecule has 0 unspecified atom stereocenters. The van der Waals surface area contributed by atoms with Crippen molar-refractivity contribution in [2.45, 2.75) is 6.92 Å². The van der Waals surface area contributed by atoms with E-state index in [9.17, 15) is 0 Å². The minimum absolute atomic E-state index is 0.845. The minimum Gasteiger partial charge on any atom is -0.353 e. The summed E-state index contributed by atoms with van der Waals surface area (Å²) in [4.78, 5) is 25.5. The number of aryl methyl sites for hydroxylation is 1. The number of nitrogens with zero attached hydrogens (tertiary/aromatic N) is 7. The zero-order valence-electron chi connectivity index (χ0n) is 25.6. The molecule has 226 valence electrons. The number of rotatable bonds is 1. The van der Waals surface area contributed by atoms with Gasteiger partial charge in [0, 0.05) is 68.7 Å². The largest absolute Gasteiger partial charge is 0.353 e. The molecule has 44 heavy (non-hydrogen) atoms. The van der Waals surface area contributed by atoms with E-state index in [4.69, 9.17) is 9.98 Å². The number of thiophene rings is 1. The van der Waals surface area contributed by atoms with Crippen LogP contribution in [-0.4, -0.2) is 103 Å². The molecule has 2 fully saturated rings. The summed E-state index contributed by atoms with van der Waals surface area (Å²) in [5.41, 5.74) is 7.81. The molecule has 0 bridgehead atoms. The predicted octanol–water partition coefficient (Wildman–Crippen LogP) is 6.08. The Balaban J connectivity index is 1.24. The van der Waals surface area contributed by atoms with E-state index < -0.39 is 0 Å². The average molecular weight is 623 g/mol. The van der Waals surface area contributed by atoms with E-state index in [0.717, 1.165) is 98.2 Å². The lowest BCUT2D eigenvalue weighted by molar-refractivity contribution is 0.216. The summed E-state index contributed by atoms with van der Waals surface area (Å²) in [6.07, 6.45) is 2.37. The summed E-state index contributed by atoms with van der Waals surface area (Å²) in [7, 11) is 4.41. The zero-order chi connectivity index (χ0) is 29.8. The second-order valence-corrected chi connectivity index (χ2v) is 14.4. The lowest BCUT2D eigenvalue weighted by Crippen LogP contribution is -2.47. The van der Waals surface area contributed by atoms with E-state index in [2.05, 4.69) is 112 Å². The molecule has 6 heterocycles. The molecule has 0 atom stereocenters. The Morgan fingerprint density at radius 3 is 2.14 bits per heavy atom. The molecule has 0 amide bonds. The number of likely N-dealkylation sites (N-methyl/N-ethyl adjacent to an activating group) is 2. The molecule has 0 aliphatic carbocycles. The number of piperazine rings is 2. The van der Waals surface area contributed by atoms with Gasteiger partial charge in [-0.05, 0) is 57.4 Å². The standard InChI is InChI=1S/C34H38N8S2/c1-23-20-25-32(40-16-12-38(2)13-17-40)37-28-10-6-7-11-30(28)42(34(25)44-23)24-21-29-31(43-22-24)33(41-18-14-39(3)15-19-41)36-27-9-5-4-8-26(27)35-29/h4-11,20-21,35H,12-19,22H2,1-3H3. The highest BCUT2D eigenvalue weighted by atomic mass is 32.2. The molecular formula is C34H38N8S2. The summed E-state index contributed by atoms with van der Waals surface area (Å²) < 4.78 is 0. The van der Waals surface area contributed by atoms with Gasteiger partial charge in [-0.2, -0.15) is 0 Å². The lowest BCUT2D eigenvalue weighted by Gasteiger charge is -2.36. The van der Waals surface area contributed by atoms with Gasteiger partial charge in [0.25, 0.3) is 0 Å². The quantitative estimate of drug-likeness (QED) is 0.353. The Bertz CT molecular complexity index is 1720. The molecular weight excluding hydrogens is 585 g/mol. The monoisotopic (exact) mass is 622 g/mol. The van der Waals surface area contributed by atoms with E-state index in [0.29, 0.717) is 0 Å². The summed E-state index contributed by atoms with van der Waals surface area (Å²) in [5.74, 6) is 3.04. The normalized spacial score (nSPS) is 20.8. The van der Waals surface area contributed by atoms with Crippen molar-refractivity contribution in [2.24, 2.45) is 9.98 Å². The van der Waals surface area contributed by atoms with Crippen molar-refractivity contribution in [3.8, 4) is 0 Å². The van der Waals surface area contributed by atoms with Gasteiger partial charge >= 0.3 is 0 Å². The molecule has 3 aromatic rings. The maximum atomic E-state index is 5.39. The van der Waals surface area contributed by atoms with Crippen molar-refractivity contribution in [2.75, 3.05) is 82.4 Å². The fourth-order valence-corrected chi connectivity index (χ4v) is 8.65. The van der Waals surface area contributed by atoms with Gasteiger partial charge in [-0.1, -0.05) is 24.3 Å². The van der Waals surface area contributed by atoms with Gasteiger partial charge in [0.15, 0.2) is 0 Å². The van der Waals surface area contributed by atoms with E-state index >= 15 is 0 Å². The van der Waals surface area contributed by atoms with Crippen molar-refractivity contribution < 1.29 is 0 Å². The first-order chi connectivity index (χ1) is 21.5. The van der Waals surface area contributed by atoms with Gasteiger partial charge < -0.3 is 29.8 Å². The number of nitrogens with one attached hydrogen (secondary N) is 1. The second-order valence-electron chi connectivity index (χ2n) is 12.2. The highest BCUT2D eigenvalue weighted by Crippen LogP contribution is 2.49. The van der Waals surface area contributed by atoms with Crippen LogP contribution in [0.25, 0.3) is 0 Å². The van der Waals surface area contributed by atoms with E-state index in [1.165, 1.54) is 26.0 Å². The van der Waals surface area contributed by atoms with Gasteiger partial charge in [0.2, 0.25) is 0 Å². The first-order valence-electron chi connectivity index (χ1n) is 15.5. The Labute approximate surface area is 268 Å². The van der Waals surface area contributed by atoms with Gasteiger partial charge in [-0.3, -0.25) is 0 Å². The second kappa shape index (κ2) is 11.4. The molecule has 0 radical (unpaired) electrons. The maximum Gasteiger partial charge on any atom is 0.145 e. The number of fused-ring (bicyclic) bond motifs is 3. The first-order valence-corrected chi connectivity index (χ1v) is 17.3. The zero-order valence-corrected chi connectivity index (χ0v) is 27.2. The number of para-hydroxylation sites is 4. The highest BCUT2D eigenvalue weighted by molar-refractivity contribution is 8.04. The number of hydrogen-bond acceptors (Lipinski definition) is 10. The van der Waals surface area contributed by atoms with Gasteiger partial charge in [-0.15, -0.1) is 23.1 Å². The van der Waals surface area contributed by atoms with Crippen LogP contribution in [0.2, 0.25) is 0 Å². The van der Waals surface area contributed by atoms with E-state index in [1.54, 1.807) is 0 Å². The van der Waals surface area contributed by atoms with Crippen molar-refractivity contribution in [3.05, 3.63) is 87.4 Å². The summed E-state index contributed by atoms with van der Waals surface area (Å²) in [6, 6.07) is 19.4. The molecule has 10 heteroatoms. The fourth-order valence-electron chi connectivity index (χ4n) is 6.53. The molecule has 8 rings (SSSR count). The number of aliphatic imine (C=N–C) groups is 2. The molecule has 5 aliphatic rings. The minimum atomic E-state index is 0.845. The number of thioether (sulfide) groups is 1. The molecule has 0 saturated carbocycles. The molecule has 1 N–H and O–H groups in total. The van der Waals surface area contributed by atoms with Crippen molar-refractivity contribution in [1.82, 2.24) is 19.6 Å². The topological polar surface area (TPSA) is 53.0 Å². The van der Waals surface area contributed by atoms with Crippen LogP contribution in [0.15, 0.2) is 87.0 Å². The third kappa shape index (κ3) is 5.03. The molecule has 2 aromatic carbocycles.